The molecule has 0 saturated carbocycles. The van der Waals surface area contributed by atoms with Crippen molar-refractivity contribution < 1.29 is 22.7 Å². The normalized spacial score (nSPS) is 17.8. The molecule has 16 heavy (non-hydrogen) atoms. The molecule has 0 aromatic carbocycles. The highest BCUT2D eigenvalue weighted by atomic mass is 19.4. The van der Waals surface area contributed by atoms with Crippen LogP contribution >= 0.6 is 0 Å². The predicted octanol–water partition coefficient (Wildman–Crippen LogP) is 2.09. The van der Waals surface area contributed by atoms with Crippen LogP contribution < -0.4 is 0 Å². The third-order valence-corrected chi connectivity index (χ3v) is 2.24. The number of halogens is 3. The number of rotatable bonds is 4. The molecule has 1 aliphatic heterocycles. The van der Waals surface area contributed by atoms with Gasteiger partial charge in [0.25, 0.3) is 5.78 Å². The summed E-state index contributed by atoms with van der Waals surface area (Å²) in [6.07, 6.45) is -2.48. The molecule has 1 aliphatic rings. The van der Waals surface area contributed by atoms with E-state index in [1.165, 1.54) is 0 Å². The Bertz CT molecular complexity index is 280. The second-order valence-corrected chi connectivity index (χ2v) is 3.47. The third kappa shape index (κ3) is 3.43. The van der Waals surface area contributed by atoms with E-state index < -0.39 is 12.0 Å². The molecule has 1 saturated heterocycles. The lowest BCUT2D eigenvalue weighted by molar-refractivity contribution is -0.165. The molecule has 1 rings (SSSR count). The maximum absolute atomic E-state index is 12.1. The summed E-state index contributed by atoms with van der Waals surface area (Å²) < 4.78 is 41.3. The molecule has 1 heterocycles. The van der Waals surface area contributed by atoms with E-state index in [4.69, 9.17) is 4.74 Å². The molecule has 0 unspecified atom stereocenters. The summed E-state index contributed by atoms with van der Waals surface area (Å²) in [7, 11) is 0. The molecule has 0 aliphatic carbocycles. The summed E-state index contributed by atoms with van der Waals surface area (Å²) in [5.41, 5.74) is 0. The highest BCUT2D eigenvalue weighted by molar-refractivity contribution is 5.94. The molecule has 0 aromatic heterocycles. The largest absolute Gasteiger partial charge is 0.479 e. The van der Waals surface area contributed by atoms with E-state index in [2.05, 4.69) is 0 Å². The first kappa shape index (κ1) is 12.9. The average Bonchev–Trinajstić information content (AvgIpc) is 2.68. The highest BCUT2D eigenvalue weighted by Crippen LogP contribution is 2.20. The van der Waals surface area contributed by atoms with Crippen LogP contribution in [0.3, 0.4) is 0 Å². The van der Waals surface area contributed by atoms with Crippen LogP contribution in [-0.4, -0.2) is 36.6 Å². The maximum Gasteiger partial charge on any atom is 0.454 e. The van der Waals surface area contributed by atoms with Crippen LogP contribution in [0, 0.1) is 0 Å². The van der Waals surface area contributed by atoms with Crippen molar-refractivity contribution in [3.05, 3.63) is 12.0 Å². The fraction of sp³-hybridized carbons (Fsp3) is 0.700. The van der Waals surface area contributed by atoms with Gasteiger partial charge in [-0.05, 0) is 19.8 Å². The minimum absolute atomic E-state index is 0.0299. The summed E-state index contributed by atoms with van der Waals surface area (Å²) >= 11 is 0. The first-order valence-corrected chi connectivity index (χ1v) is 5.15. The summed E-state index contributed by atoms with van der Waals surface area (Å²) in [4.78, 5) is 12.5. The van der Waals surface area contributed by atoms with Gasteiger partial charge in [-0.2, -0.15) is 13.2 Å². The van der Waals surface area contributed by atoms with Crippen LogP contribution in [0.25, 0.3) is 0 Å². The fourth-order valence-electron chi connectivity index (χ4n) is 1.50. The van der Waals surface area contributed by atoms with Crippen LogP contribution in [0.2, 0.25) is 0 Å². The number of likely N-dealkylation sites (tertiary alicyclic amines) is 1. The minimum atomic E-state index is -4.83. The van der Waals surface area contributed by atoms with Crippen LogP contribution in [-0.2, 0) is 9.53 Å². The number of carbonyl (C=O) groups excluding carboxylic acids is 1. The first-order valence-electron chi connectivity index (χ1n) is 5.15. The first-order chi connectivity index (χ1) is 7.45. The lowest BCUT2D eigenvalue weighted by Gasteiger charge is -2.20. The van der Waals surface area contributed by atoms with Gasteiger partial charge in [0.05, 0.1) is 12.7 Å². The van der Waals surface area contributed by atoms with Gasteiger partial charge in [0.1, 0.15) is 0 Å². The summed E-state index contributed by atoms with van der Waals surface area (Å²) in [6, 6.07) is 0. The number of carbonyl (C=O) groups is 1. The van der Waals surface area contributed by atoms with Crippen molar-refractivity contribution >= 4 is 5.78 Å². The predicted molar refractivity (Wildman–Crippen MR) is 51.6 cm³/mol. The quantitative estimate of drug-likeness (QED) is 0.554. The summed E-state index contributed by atoms with van der Waals surface area (Å²) in [5.74, 6) is -1.84. The second kappa shape index (κ2) is 5.23. The van der Waals surface area contributed by atoms with Crippen molar-refractivity contribution in [3.63, 3.8) is 0 Å². The van der Waals surface area contributed by atoms with E-state index in [-0.39, 0.29) is 12.5 Å². The topological polar surface area (TPSA) is 29.5 Å². The zero-order valence-corrected chi connectivity index (χ0v) is 9.01. The van der Waals surface area contributed by atoms with Gasteiger partial charge in [0.2, 0.25) is 0 Å². The van der Waals surface area contributed by atoms with E-state index in [0.29, 0.717) is 19.2 Å². The molecular weight excluding hydrogens is 223 g/mol. The smallest absolute Gasteiger partial charge is 0.454 e. The van der Waals surface area contributed by atoms with E-state index in [1.54, 1.807) is 11.8 Å². The maximum atomic E-state index is 12.1. The van der Waals surface area contributed by atoms with Gasteiger partial charge in [0.15, 0.2) is 5.88 Å². The van der Waals surface area contributed by atoms with E-state index in [9.17, 15) is 18.0 Å². The van der Waals surface area contributed by atoms with Crippen LogP contribution in [0.15, 0.2) is 12.0 Å². The molecule has 1 fully saturated rings. The number of allylic oxidation sites excluding steroid dienone is 1. The fourth-order valence-corrected chi connectivity index (χ4v) is 1.50. The van der Waals surface area contributed by atoms with Gasteiger partial charge >= 0.3 is 6.18 Å². The Labute approximate surface area is 91.9 Å². The number of ether oxygens (including phenoxy) is 1. The Morgan fingerprint density at radius 2 is 1.94 bits per heavy atom. The van der Waals surface area contributed by atoms with Crippen LogP contribution in [0.4, 0.5) is 13.2 Å². The zero-order chi connectivity index (χ0) is 12.2. The second-order valence-electron chi connectivity index (χ2n) is 3.47. The Morgan fingerprint density at radius 1 is 1.38 bits per heavy atom. The Hall–Kier alpha value is -1.20. The minimum Gasteiger partial charge on any atom is -0.479 e. The molecule has 0 spiro atoms. The Morgan fingerprint density at radius 3 is 2.38 bits per heavy atom. The number of ketones is 1. The number of hydrogen-bond donors (Lipinski definition) is 0. The molecule has 6 heteroatoms. The average molecular weight is 237 g/mol. The van der Waals surface area contributed by atoms with Gasteiger partial charge in [-0.3, -0.25) is 4.79 Å². The zero-order valence-electron chi connectivity index (χ0n) is 9.01. The highest BCUT2D eigenvalue weighted by Gasteiger charge is 2.37. The van der Waals surface area contributed by atoms with Gasteiger partial charge in [-0.15, -0.1) is 0 Å². The lowest BCUT2D eigenvalue weighted by Crippen LogP contribution is -2.26. The molecular formula is C10H14F3NO2. The van der Waals surface area contributed by atoms with Gasteiger partial charge in [-0.1, -0.05) is 0 Å². The molecule has 0 aromatic rings. The van der Waals surface area contributed by atoms with Gasteiger partial charge in [-0.25, -0.2) is 0 Å². The third-order valence-electron chi connectivity index (χ3n) is 2.24. The van der Waals surface area contributed by atoms with Crippen molar-refractivity contribution in [2.75, 3.05) is 19.7 Å². The Balaban J connectivity index is 2.75. The van der Waals surface area contributed by atoms with Crippen molar-refractivity contribution in [3.8, 4) is 0 Å². The molecule has 0 amide bonds. The van der Waals surface area contributed by atoms with Crippen LogP contribution in [0.5, 0.6) is 0 Å². The van der Waals surface area contributed by atoms with Gasteiger partial charge < -0.3 is 9.64 Å². The number of alkyl halides is 3. The van der Waals surface area contributed by atoms with Crippen molar-refractivity contribution in [2.24, 2.45) is 0 Å². The molecule has 92 valence electrons. The van der Waals surface area contributed by atoms with Crippen LogP contribution in [0.1, 0.15) is 19.8 Å². The summed E-state index contributed by atoms with van der Waals surface area (Å²) in [6.45, 7) is 3.18. The number of nitrogens with zero attached hydrogens (tertiary/aromatic N) is 1. The standard InChI is InChI=1S/C10H14F3NO2/c1-2-16-9(14-5-3-4-6-14)7-8(15)10(11,12)13/h7H,2-6H2,1H3/b9-7+. The van der Waals surface area contributed by atoms with E-state index in [1.807, 2.05) is 0 Å². The molecule has 0 atom stereocenters. The Kier molecular flexibility index (Phi) is 4.20. The summed E-state index contributed by atoms with van der Waals surface area (Å²) in [5, 5.41) is 0. The molecule has 3 nitrogen and oxygen atoms in total. The van der Waals surface area contributed by atoms with Gasteiger partial charge in [0, 0.05) is 13.1 Å². The lowest BCUT2D eigenvalue weighted by atomic mass is 10.3. The van der Waals surface area contributed by atoms with Crippen molar-refractivity contribution in [1.29, 1.82) is 0 Å². The van der Waals surface area contributed by atoms with E-state index >= 15 is 0 Å². The number of hydrogen-bond acceptors (Lipinski definition) is 3. The molecule has 0 N–H and O–H groups in total. The molecule has 0 radical (unpaired) electrons. The molecule has 0 bridgehead atoms. The monoisotopic (exact) mass is 237 g/mol. The van der Waals surface area contributed by atoms with Crippen molar-refractivity contribution in [2.45, 2.75) is 25.9 Å². The van der Waals surface area contributed by atoms with Crippen molar-refractivity contribution in [1.82, 2.24) is 4.90 Å². The van der Waals surface area contributed by atoms with E-state index in [0.717, 1.165) is 12.8 Å². The SMILES string of the molecule is CCO/C(=C/C(=O)C(F)(F)F)N1CCCC1.